The van der Waals surface area contributed by atoms with Crippen LogP contribution < -0.4 is 10.1 Å². The van der Waals surface area contributed by atoms with Gasteiger partial charge in [-0.25, -0.2) is 9.37 Å². The summed E-state index contributed by atoms with van der Waals surface area (Å²) >= 11 is 3.25. The van der Waals surface area contributed by atoms with Gasteiger partial charge < -0.3 is 15.0 Å². The smallest absolute Gasteiger partial charge is 0.257 e. The summed E-state index contributed by atoms with van der Waals surface area (Å²) in [6.07, 6.45) is 1.53. The normalized spacial score (nSPS) is 10.8. The monoisotopic (exact) mass is 439 g/mol. The first kappa shape index (κ1) is 18.2. The molecule has 0 fully saturated rings. The number of ether oxygens (including phenoxy) is 1. The summed E-state index contributed by atoms with van der Waals surface area (Å²) in [4.78, 5) is 20.1. The van der Waals surface area contributed by atoms with Gasteiger partial charge in [0.1, 0.15) is 17.1 Å². The van der Waals surface area contributed by atoms with Gasteiger partial charge in [-0.3, -0.25) is 4.79 Å². The molecule has 0 aliphatic heterocycles. The van der Waals surface area contributed by atoms with Crippen molar-refractivity contribution in [3.63, 3.8) is 0 Å². The molecule has 0 atom stereocenters. The molecular weight excluding hydrogens is 425 g/mol. The fraction of sp³-hybridized carbons (Fsp3) is 0.0476. The Morgan fingerprint density at radius 3 is 2.82 bits per heavy atom. The van der Waals surface area contributed by atoms with Crippen molar-refractivity contribution in [1.82, 2.24) is 15.3 Å². The predicted octanol–water partition coefficient (Wildman–Crippen LogP) is 5.19. The number of pyridine rings is 1. The van der Waals surface area contributed by atoms with E-state index in [1.807, 2.05) is 30.3 Å². The van der Waals surface area contributed by atoms with Gasteiger partial charge in [-0.2, -0.15) is 0 Å². The summed E-state index contributed by atoms with van der Waals surface area (Å²) in [5.74, 6) is -0.203. The number of nitrogens with zero attached hydrogens (tertiary/aromatic N) is 1. The number of hydrogen-bond donors (Lipinski definition) is 2. The van der Waals surface area contributed by atoms with Gasteiger partial charge in [-0.05, 0) is 63.8 Å². The highest BCUT2D eigenvalue weighted by molar-refractivity contribution is 9.10. The number of benzene rings is 2. The molecule has 0 spiro atoms. The number of carbonyl (C=O) groups is 1. The standard InChI is InChI=1S/C21H15BrFN3O2/c22-17-11-14(23)7-8-19(17)28-21-16(5-3-9-24-21)20(27)25-12-15-10-13-4-1-2-6-18(13)26-15/h1-11,26H,12H2,(H,25,27). The Kier molecular flexibility index (Phi) is 5.08. The lowest BCUT2D eigenvalue weighted by atomic mass is 10.2. The molecule has 0 radical (unpaired) electrons. The molecule has 0 aliphatic rings. The van der Waals surface area contributed by atoms with Crippen LogP contribution in [-0.2, 0) is 6.54 Å². The number of fused-ring (bicyclic) bond motifs is 1. The Bertz CT molecular complexity index is 1130. The predicted molar refractivity (Wildman–Crippen MR) is 108 cm³/mol. The second-order valence-electron chi connectivity index (χ2n) is 6.10. The Morgan fingerprint density at radius 2 is 2.00 bits per heavy atom. The molecule has 0 saturated heterocycles. The molecule has 0 bridgehead atoms. The van der Waals surface area contributed by atoms with Gasteiger partial charge in [0.25, 0.3) is 5.91 Å². The van der Waals surface area contributed by atoms with Crippen LogP contribution in [0.2, 0.25) is 0 Å². The minimum absolute atomic E-state index is 0.143. The number of H-pyrrole nitrogens is 1. The number of aromatic amines is 1. The third-order valence-corrected chi connectivity index (χ3v) is 4.76. The van der Waals surface area contributed by atoms with Crippen LogP contribution in [0, 0.1) is 5.82 Å². The summed E-state index contributed by atoms with van der Waals surface area (Å²) in [5.41, 5.74) is 2.19. The van der Waals surface area contributed by atoms with Crippen LogP contribution in [0.4, 0.5) is 4.39 Å². The van der Waals surface area contributed by atoms with Crippen molar-refractivity contribution in [2.24, 2.45) is 0 Å². The third kappa shape index (κ3) is 3.89. The van der Waals surface area contributed by atoms with E-state index >= 15 is 0 Å². The SMILES string of the molecule is O=C(NCc1cc2ccccc2[nH]1)c1cccnc1Oc1ccc(F)cc1Br. The Morgan fingerprint density at radius 1 is 1.14 bits per heavy atom. The van der Waals surface area contributed by atoms with Crippen LogP contribution in [0.3, 0.4) is 0 Å². The van der Waals surface area contributed by atoms with Gasteiger partial charge in [0.2, 0.25) is 5.88 Å². The first-order valence-corrected chi connectivity index (χ1v) is 9.32. The number of hydrogen-bond acceptors (Lipinski definition) is 3. The minimum atomic E-state index is -0.392. The number of nitrogens with one attached hydrogen (secondary N) is 2. The molecule has 4 rings (SSSR count). The zero-order valence-electron chi connectivity index (χ0n) is 14.6. The van der Waals surface area contributed by atoms with Crippen molar-refractivity contribution < 1.29 is 13.9 Å². The summed E-state index contributed by atoms with van der Waals surface area (Å²) in [6.45, 7) is 0.335. The van der Waals surface area contributed by atoms with Crippen LogP contribution in [0.25, 0.3) is 10.9 Å². The van der Waals surface area contributed by atoms with Crippen molar-refractivity contribution in [1.29, 1.82) is 0 Å². The van der Waals surface area contributed by atoms with Crippen LogP contribution in [-0.4, -0.2) is 15.9 Å². The highest BCUT2D eigenvalue weighted by Gasteiger charge is 2.16. The Balaban J connectivity index is 1.51. The zero-order valence-corrected chi connectivity index (χ0v) is 16.2. The number of amides is 1. The number of halogens is 2. The average Bonchev–Trinajstić information content (AvgIpc) is 3.12. The summed E-state index contributed by atoms with van der Waals surface area (Å²) in [7, 11) is 0. The van der Waals surface area contributed by atoms with Crippen LogP contribution in [0.1, 0.15) is 16.1 Å². The van der Waals surface area contributed by atoms with E-state index in [0.29, 0.717) is 16.8 Å². The van der Waals surface area contributed by atoms with E-state index in [1.54, 1.807) is 12.1 Å². The van der Waals surface area contributed by atoms with E-state index in [0.717, 1.165) is 16.6 Å². The molecule has 0 aliphatic carbocycles. The number of carbonyl (C=O) groups excluding carboxylic acids is 1. The topological polar surface area (TPSA) is 67.0 Å². The molecule has 140 valence electrons. The van der Waals surface area contributed by atoms with E-state index in [2.05, 4.69) is 31.2 Å². The van der Waals surface area contributed by atoms with E-state index in [4.69, 9.17) is 4.74 Å². The molecule has 1 amide bonds. The van der Waals surface area contributed by atoms with E-state index < -0.39 is 5.82 Å². The molecular formula is C21H15BrFN3O2. The second kappa shape index (κ2) is 7.82. The average molecular weight is 440 g/mol. The summed E-state index contributed by atoms with van der Waals surface area (Å²) in [6, 6.07) is 17.2. The quantitative estimate of drug-likeness (QED) is 0.449. The molecule has 7 heteroatoms. The second-order valence-corrected chi connectivity index (χ2v) is 6.95. The molecule has 2 aromatic heterocycles. The fourth-order valence-corrected chi connectivity index (χ4v) is 3.24. The Labute approximate surface area is 168 Å². The molecule has 4 aromatic rings. The maximum Gasteiger partial charge on any atom is 0.257 e. The van der Waals surface area contributed by atoms with E-state index in [1.165, 1.54) is 24.4 Å². The third-order valence-electron chi connectivity index (χ3n) is 4.14. The molecule has 2 N–H and O–H groups in total. The largest absolute Gasteiger partial charge is 0.437 e. The summed E-state index contributed by atoms with van der Waals surface area (Å²) < 4.78 is 19.4. The zero-order chi connectivity index (χ0) is 19.5. The lowest BCUT2D eigenvalue weighted by molar-refractivity contribution is 0.0947. The molecule has 0 saturated carbocycles. The van der Waals surface area contributed by atoms with Gasteiger partial charge in [0, 0.05) is 17.4 Å². The lowest BCUT2D eigenvalue weighted by Gasteiger charge is -2.11. The fourth-order valence-electron chi connectivity index (χ4n) is 2.81. The van der Waals surface area contributed by atoms with Crippen LogP contribution in [0.15, 0.2) is 71.3 Å². The Hall–Kier alpha value is -3.19. The van der Waals surface area contributed by atoms with Crippen molar-refractivity contribution >= 4 is 32.7 Å². The first-order chi connectivity index (χ1) is 13.6. The number of para-hydroxylation sites is 1. The van der Waals surface area contributed by atoms with Gasteiger partial charge in [0.05, 0.1) is 11.0 Å². The van der Waals surface area contributed by atoms with Gasteiger partial charge in [-0.15, -0.1) is 0 Å². The maximum atomic E-state index is 13.3. The molecule has 0 unspecified atom stereocenters. The van der Waals surface area contributed by atoms with Crippen molar-refractivity contribution in [3.05, 3.63) is 88.4 Å². The maximum absolute atomic E-state index is 13.3. The highest BCUT2D eigenvalue weighted by atomic mass is 79.9. The van der Waals surface area contributed by atoms with Crippen LogP contribution >= 0.6 is 15.9 Å². The summed E-state index contributed by atoms with van der Waals surface area (Å²) in [5, 5.41) is 3.95. The number of aromatic nitrogens is 2. The molecule has 2 heterocycles. The highest BCUT2D eigenvalue weighted by Crippen LogP contribution is 2.30. The minimum Gasteiger partial charge on any atom is -0.437 e. The van der Waals surface area contributed by atoms with Crippen LogP contribution in [0.5, 0.6) is 11.6 Å². The molecule has 28 heavy (non-hydrogen) atoms. The van der Waals surface area contributed by atoms with Crippen molar-refractivity contribution in [2.75, 3.05) is 0 Å². The molecule has 2 aromatic carbocycles. The van der Waals surface area contributed by atoms with Gasteiger partial charge >= 0.3 is 0 Å². The van der Waals surface area contributed by atoms with Crippen molar-refractivity contribution in [2.45, 2.75) is 6.54 Å². The first-order valence-electron chi connectivity index (χ1n) is 8.53. The van der Waals surface area contributed by atoms with E-state index in [-0.39, 0.29) is 17.4 Å². The lowest BCUT2D eigenvalue weighted by Crippen LogP contribution is -2.23. The molecule has 5 nitrogen and oxygen atoms in total. The van der Waals surface area contributed by atoms with Crippen molar-refractivity contribution in [3.8, 4) is 11.6 Å². The van der Waals surface area contributed by atoms with Gasteiger partial charge in [-0.1, -0.05) is 18.2 Å². The van der Waals surface area contributed by atoms with E-state index in [9.17, 15) is 9.18 Å². The number of rotatable bonds is 5. The van der Waals surface area contributed by atoms with Gasteiger partial charge in [0.15, 0.2) is 0 Å².